The number of aryl methyl sites for hydroxylation is 1. The Kier molecular flexibility index (Phi) is 4.67. The molecule has 0 radical (unpaired) electrons. The maximum Gasteiger partial charge on any atom is 0.237 e. The van der Waals surface area contributed by atoms with Gasteiger partial charge in [-0.15, -0.1) is 0 Å². The van der Waals surface area contributed by atoms with Gasteiger partial charge in [0.1, 0.15) is 11.9 Å². The van der Waals surface area contributed by atoms with Crippen molar-refractivity contribution in [2.75, 3.05) is 13.7 Å². The highest BCUT2D eigenvalue weighted by Crippen LogP contribution is 2.49. The summed E-state index contributed by atoms with van der Waals surface area (Å²) < 4.78 is 21.6. The molecule has 3 heterocycles. The highest BCUT2D eigenvalue weighted by atomic mass is 19.1. The molecule has 2 aromatic rings. The van der Waals surface area contributed by atoms with E-state index in [0.29, 0.717) is 6.42 Å². The first kappa shape index (κ1) is 20.3. The largest absolute Gasteiger partial charge is 0.495 e. The molecule has 6 nitrogen and oxygen atoms in total. The number of hydrogen-bond donors (Lipinski definition) is 0. The molecule has 1 spiro atoms. The number of oxime groups is 1. The highest BCUT2D eigenvalue weighted by Gasteiger charge is 2.54. The van der Waals surface area contributed by atoms with E-state index >= 15 is 0 Å². The number of piperidine rings is 1. The van der Waals surface area contributed by atoms with Crippen LogP contribution in [-0.4, -0.2) is 45.8 Å². The van der Waals surface area contributed by atoms with Crippen molar-refractivity contribution in [3.63, 3.8) is 0 Å². The summed E-state index contributed by atoms with van der Waals surface area (Å²) in [5.41, 5.74) is 5.83. The Balaban J connectivity index is 1.31. The average Bonchev–Trinajstić information content (AvgIpc) is 3.52. The van der Waals surface area contributed by atoms with Crippen LogP contribution in [0.3, 0.4) is 0 Å². The van der Waals surface area contributed by atoms with Gasteiger partial charge in [-0.05, 0) is 61.6 Å². The summed E-state index contributed by atoms with van der Waals surface area (Å²) in [6.07, 6.45) is 12.8. The lowest BCUT2D eigenvalue weighted by Gasteiger charge is -2.39. The molecule has 1 aromatic heterocycles. The van der Waals surface area contributed by atoms with Crippen LogP contribution in [0.25, 0.3) is 11.8 Å². The number of alkyl halides is 1. The fourth-order valence-corrected chi connectivity index (χ4v) is 5.54. The smallest absolute Gasteiger partial charge is 0.237 e. The molecule has 2 atom stereocenters. The van der Waals surface area contributed by atoms with Crippen molar-refractivity contribution in [2.45, 2.75) is 50.9 Å². The molecule has 0 saturated carbocycles. The Hall–Kier alpha value is -3.35. The second-order valence-electron chi connectivity index (χ2n) is 9.17. The van der Waals surface area contributed by atoms with Gasteiger partial charge in [0.2, 0.25) is 5.72 Å². The first-order valence-corrected chi connectivity index (χ1v) is 11.6. The lowest BCUT2D eigenvalue weighted by Crippen LogP contribution is -2.50. The molecule has 2 unspecified atom stereocenters. The third-order valence-corrected chi connectivity index (χ3v) is 7.10. The Bertz CT molecular complexity index is 1240. The van der Waals surface area contributed by atoms with Crippen molar-refractivity contribution < 1.29 is 14.0 Å². The Labute approximate surface area is 192 Å². The second kappa shape index (κ2) is 7.61. The third kappa shape index (κ3) is 3.21. The number of fused-ring (bicyclic) bond motifs is 3. The van der Waals surface area contributed by atoms with Crippen LogP contribution < -0.4 is 4.74 Å². The number of amidine groups is 1. The van der Waals surface area contributed by atoms with Gasteiger partial charge in [0.25, 0.3) is 0 Å². The zero-order valence-electron chi connectivity index (χ0n) is 18.9. The van der Waals surface area contributed by atoms with E-state index in [-0.39, 0.29) is 0 Å². The molecular formula is C26H27FN4O2. The van der Waals surface area contributed by atoms with Crippen LogP contribution in [0.15, 0.2) is 64.8 Å². The minimum absolute atomic E-state index is 0.478. The molecule has 0 N–H and O–H groups in total. The normalized spacial score (nSPS) is 27.1. The number of rotatable bonds is 3. The molecule has 33 heavy (non-hydrogen) atoms. The predicted octanol–water partition coefficient (Wildman–Crippen LogP) is 5.10. The van der Waals surface area contributed by atoms with E-state index in [2.05, 4.69) is 33.2 Å². The van der Waals surface area contributed by atoms with Crippen molar-refractivity contribution in [3.8, 4) is 11.4 Å². The van der Waals surface area contributed by atoms with Gasteiger partial charge < -0.3 is 19.0 Å². The van der Waals surface area contributed by atoms with Crippen LogP contribution in [0.5, 0.6) is 5.75 Å². The van der Waals surface area contributed by atoms with Crippen LogP contribution in [0.4, 0.5) is 4.39 Å². The van der Waals surface area contributed by atoms with E-state index in [0.717, 1.165) is 71.9 Å². The minimum Gasteiger partial charge on any atom is -0.495 e. The summed E-state index contributed by atoms with van der Waals surface area (Å²) >= 11 is 0. The molecule has 7 heteroatoms. The third-order valence-electron chi connectivity index (χ3n) is 7.10. The molecule has 1 fully saturated rings. The number of nitrogens with zero attached hydrogens (tertiary/aromatic N) is 4. The van der Waals surface area contributed by atoms with Gasteiger partial charge in [0, 0.05) is 31.2 Å². The summed E-state index contributed by atoms with van der Waals surface area (Å²) in [6, 6.07) is 6.19. The van der Waals surface area contributed by atoms with Crippen LogP contribution in [0.1, 0.15) is 43.4 Å². The molecule has 170 valence electrons. The second-order valence-corrected chi connectivity index (χ2v) is 9.17. The Morgan fingerprint density at radius 3 is 3.03 bits per heavy atom. The Morgan fingerprint density at radius 2 is 2.21 bits per heavy atom. The van der Waals surface area contributed by atoms with Gasteiger partial charge in [-0.3, -0.25) is 0 Å². The van der Waals surface area contributed by atoms with E-state index in [1.54, 1.807) is 19.5 Å². The van der Waals surface area contributed by atoms with E-state index < -0.39 is 11.9 Å². The summed E-state index contributed by atoms with van der Waals surface area (Å²) in [5, 5.41) is 4.56. The average molecular weight is 447 g/mol. The lowest BCUT2D eigenvalue weighted by molar-refractivity contribution is -0.0656. The standard InChI is InChI=1S/C26H27FN4O2/c1-17-15-30(16-28-17)23-8-5-18(13-24(23)32-2)12-20-4-3-11-31-25(20)29-33-26(31)10-9-19-14-21(27)6-7-22(19)26/h5-8,12-13,15-16,21H,3-4,9-11,14H2,1-2H3/b20-12-. The number of hydrogen-bond acceptors (Lipinski definition) is 5. The topological polar surface area (TPSA) is 51.9 Å². The van der Waals surface area contributed by atoms with E-state index in [1.807, 2.05) is 29.8 Å². The molecule has 0 bridgehead atoms. The Morgan fingerprint density at radius 1 is 1.30 bits per heavy atom. The van der Waals surface area contributed by atoms with Gasteiger partial charge in [0.05, 0.1) is 24.8 Å². The van der Waals surface area contributed by atoms with Gasteiger partial charge in [-0.2, -0.15) is 0 Å². The van der Waals surface area contributed by atoms with Crippen molar-refractivity contribution in [2.24, 2.45) is 5.16 Å². The molecule has 1 saturated heterocycles. The lowest BCUT2D eigenvalue weighted by atomic mass is 9.92. The zero-order valence-corrected chi connectivity index (χ0v) is 18.9. The number of imidazole rings is 1. The summed E-state index contributed by atoms with van der Waals surface area (Å²) in [4.78, 5) is 12.8. The summed E-state index contributed by atoms with van der Waals surface area (Å²) in [5.74, 6) is 1.69. The van der Waals surface area contributed by atoms with Crippen molar-refractivity contribution in [1.82, 2.24) is 14.5 Å². The summed E-state index contributed by atoms with van der Waals surface area (Å²) in [7, 11) is 1.69. The van der Waals surface area contributed by atoms with Gasteiger partial charge in [-0.1, -0.05) is 22.9 Å². The van der Waals surface area contributed by atoms with E-state index in [9.17, 15) is 4.39 Å². The molecule has 2 aliphatic carbocycles. The first-order valence-electron chi connectivity index (χ1n) is 11.6. The van der Waals surface area contributed by atoms with E-state index in [4.69, 9.17) is 9.57 Å². The van der Waals surface area contributed by atoms with E-state index in [1.165, 1.54) is 5.57 Å². The molecular weight excluding hydrogens is 419 g/mol. The fraction of sp³-hybridized carbons (Fsp3) is 0.385. The van der Waals surface area contributed by atoms with Crippen molar-refractivity contribution in [1.29, 1.82) is 0 Å². The van der Waals surface area contributed by atoms with Crippen LogP contribution in [0.2, 0.25) is 0 Å². The summed E-state index contributed by atoms with van der Waals surface area (Å²) in [6.45, 7) is 2.86. The van der Waals surface area contributed by atoms with Crippen molar-refractivity contribution in [3.05, 3.63) is 70.9 Å². The number of halogens is 1. The quantitative estimate of drug-likeness (QED) is 0.659. The van der Waals surface area contributed by atoms with Gasteiger partial charge in [-0.25, -0.2) is 9.37 Å². The number of methoxy groups -OCH3 is 1. The number of aromatic nitrogens is 2. The maximum absolute atomic E-state index is 13.9. The number of ether oxygens (including phenoxy) is 1. The number of benzene rings is 1. The zero-order chi connectivity index (χ0) is 22.6. The predicted molar refractivity (Wildman–Crippen MR) is 125 cm³/mol. The monoisotopic (exact) mass is 446 g/mol. The van der Waals surface area contributed by atoms with Crippen LogP contribution in [-0.2, 0) is 4.84 Å². The van der Waals surface area contributed by atoms with Crippen LogP contribution >= 0.6 is 0 Å². The molecule has 0 amide bonds. The SMILES string of the molecule is COc1cc(/C=C2/CCCN3C2=NOC32CCC3=C2C=CC(F)C3)ccc1-n1cnc(C)c1. The van der Waals surface area contributed by atoms with Crippen LogP contribution in [0, 0.1) is 6.92 Å². The van der Waals surface area contributed by atoms with Gasteiger partial charge in [0.15, 0.2) is 5.84 Å². The fourth-order valence-electron chi connectivity index (χ4n) is 5.54. The minimum atomic E-state index is -0.887. The molecule has 4 aliphatic rings. The molecule has 1 aromatic carbocycles. The number of allylic oxidation sites excluding steroid dienone is 2. The molecule has 2 aliphatic heterocycles. The highest BCUT2D eigenvalue weighted by molar-refractivity contribution is 6.04. The maximum atomic E-state index is 13.9. The van der Waals surface area contributed by atoms with Gasteiger partial charge >= 0.3 is 0 Å². The molecule has 6 rings (SSSR count). The van der Waals surface area contributed by atoms with Crippen molar-refractivity contribution >= 4 is 11.9 Å². The first-order chi connectivity index (χ1) is 16.1.